The number of nitrogens with one attached hydrogen (secondary N) is 1. The van der Waals surface area contributed by atoms with Gasteiger partial charge in [0.1, 0.15) is 5.69 Å². The smallest absolute Gasteiger partial charge is 0.273 e. The van der Waals surface area contributed by atoms with Crippen molar-refractivity contribution in [3.8, 4) is 22.8 Å². The molecule has 0 radical (unpaired) electrons. The molecule has 0 saturated carbocycles. The van der Waals surface area contributed by atoms with Gasteiger partial charge in [-0.05, 0) is 55.7 Å². The van der Waals surface area contributed by atoms with E-state index in [1.807, 2.05) is 42.2 Å². The zero-order chi connectivity index (χ0) is 25.8. The van der Waals surface area contributed by atoms with Crippen LogP contribution in [0.3, 0.4) is 0 Å². The molecule has 7 heteroatoms. The summed E-state index contributed by atoms with van der Waals surface area (Å²) in [5, 5.41) is 7.63. The summed E-state index contributed by atoms with van der Waals surface area (Å²) in [5.74, 6) is 1.32. The highest BCUT2D eigenvalue weighted by Gasteiger charge is 2.42. The number of carbonyl (C=O) groups excluding carboxylic acids is 1. The third kappa shape index (κ3) is 4.94. The number of carbonyl (C=O) groups is 1. The fourth-order valence-electron chi connectivity index (χ4n) is 4.73. The predicted molar refractivity (Wildman–Crippen MR) is 143 cm³/mol. The van der Waals surface area contributed by atoms with Gasteiger partial charge >= 0.3 is 0 Å². The number of ether oxygens (including phenoxy) is 2. The van der Waals surface area contributed by atoms with Crippen LogP contribution in [-0.2, 0) is 6.54 Å². The number of pyridine rings is 1. The van der Waals surface area contributed by atoms with E-state index in [2.05, 4.69) is 53.3 Å². The number of amides is 1. The van der Waals surface area contributed by atoms with Crippen molar-refractivity contribution < 1.29 is 14.3 Å². The summed E-state index contributed by atoms with van der Waals surface area (Å²) in [6.45, 7) is 7.75. The standard InChI is InChI=1S/C30H32N4O3/c1-4-6-17-37-24-12-11-23(18-25(24)36-5-2)29-26-27(22-9-7-20(3)8-10-22)32-33-28(26)30(35)34(29)19-21-13-15-31-16-14-21/h7-16,18,29H,4-6,17,19H2,1-3H3,(H,32,33). The molecule has 2 aromatic carbocycles. The summed E-state index contributed by atoms with van der Waals surface area (Å²) in [6.07, 6.45) is 5.53. The minimum atomic E-state index is -0.338. The number of hydrogen-bond acceptors (Lipinski definition) is 5. The Morgan fingerprint density at radius 2 is 1.76 bits per heavy atom. The zero-order valence-corrected chi connectivity index (χ0v) is 21.5. The van der Waals surface area contributed by atoms with Crippen LogP contribution in [0.4, 0.5) is 0 Å². The predicted octanol–water partition coefficient (Wildman–Crippen LogP) is 6.10. The Balaban J connectivity index is 1.60. The van der Waals surface area contributed by atoms with Crippen molar-refractivity contribution in [1.82, 2.24) is 20.1 Å². The van der Waals surface area contributed by atoms with Crippen LogP contribution in [-0.4, -0.2) is 39.2 Å². The van der Waals surface area contributed by atoms with Gasteiger partial charge in [0.2, 0.25) is 0 Å². The number of H-pyrrole nitrogens is 1. The summed E-state index contributed by atoms with van der Waals surface area (Å²) in [6, 6.07) is 17.7. The Morgan fingerprint density at radius 3 is 2.49 bits per heavy atom. The van der Waals surface area contributed by atoms with Crippen molar-refractivity contribution in [3.05, 3.63) is 94.9 Å². The minimum absolute atomic E-state index is 0.0797. The summed E-state index contributed by atoms with van der Waals surface area (Å²) in [7, 11) is 0. The Kier molecular flexibility index (Phi) is 7.21. The first-order chi connectivity index (χ1) is 18.1. The van der Waals surface area contributed by atoms with E-state index in [-0.39, 0.29) is 11.9 Å². The third-order valence-electron chi connectivity index (χ3n) is 6.63. The molecule has 4 aromatic rings. The fourth-order valence-corrected chi connectivity index (χ4v) is 4.73. The molecule has 0 bridgehead atoms. The Labute approximate surface area is 217 Å². The lowest BCUT2D eigenvalue weighted by molar-refractivity contribution is 0.0729. The van der Waals surface area contributed by atoms with E-state index in [4.69, 9.17) is 9.47 Å². The number of aromatic nitrogens is 3. The molecule has 190 valence electrons. The van der Waals surface area contributed by atoms with Crippen LogP contribution in [0, 0.1) is 6.92 Å². The highest BCUT2D eigenvalue weighted by molar-refractivity contribution is 6.00. The molecule has 1 aliphatic heterocycles. The van der Waals surface area contributed by atoms with Crippen molar-refractivity contribution in [1.29, 1.82) is 0 Å². The Hall–Kier alpha value is -4.13. The van der Waals surface area contributed by atoms with E-state index in [0.29, 0.717) is 31.2 Å². The second-order valence-electron chi connectivity index (χ2n) is 9.26. The van der Waals surface area contributed by atoms with Crippen molar-refractivity contribution in [2.24, 2.45) is 0 Å². The summed E-state index contributed by atoms with van der Waals surface area (Å²) >= 11 is 0. The van der Waals surface area contributed by atoms with E-state index in [0.717, 1.165) is 46.5 Å². The van der Waals surface area contributed by atoms with E-state index >= 15 is 0 Å². The normalized spacial score (nSPS) is 14.6. The lowest BCUT2D eigenvalue weighted by Crippen LogP contribution is -2.29. The SMILES string of the molecule is CCCCOc1ccc(C2c3c(-c4ccc(C)cc4)n[nH]c3C(=O)N2Cc2ccncc2)cc1OCC. The lowest BCUT2D eigenvalue weighted by atomic mass is 9.95. The molecule has 1 unspecified atom stereocenters. The highest BCUT2D eigenvalue weighted by atomic mass is 16.5. The van der Waals surface area contributed by atoms with Crippen LogP contribution >= 0.6 is 0 Å². The van der Waals surface area contributed by atoms with Gasteiger partial charge in [-0.1, -0.05) is 49.2 Å². The highest BCUT2D eigenvalue weighted by Crippen LogP contribution is 2.45. The monoisotopic (exact) mass is 496 g/mol. The van der Waals surface area contributed by atoms with E-state index in [1.165, 1.54) is 5.56 Å². The Bertz CT molecular complexity index is 1370. The molecule has 1 amide bonds. The van der Waals surface area contributed by atoms with Crippen LogP contribution in [0.1, 0.15) is 65.5 Å². The number of aromatic amines is 1. The van der Waals surface area contributed by atoms with E-state index < -0.39 is 0 Å². The quantitative estimate of drug-likeness (QED) is 0.268. The number of benzene rings is 2. The van der Waals surface area contributed by atoms with Crippen molar-refractivity contribution >= 4 is 5.91 Å². The van der Waals surface area contributed by atoms with Gasteiger partial charge in [-0.3, -0.25) is 14.9 Å². The number of rotatable bonds is 10. The third-order valence-corrected chi connectivity index (χ3v) is 6.63. The van der Waals surface area contributed by atoms with Crippen LogP contribution in [0.15, 0.2) is 67.0 Å². The molecule has 0 aliphatic carbocycles. The largest absolute Gasteiger partial charge is 0.490 e. The molecule has 3 heterocycles. The van der Waals surface area contributed by atoms with Crippen molar-refractivity contribution in [3.63, 3.8) is 0 Å². The van der Waals surface area contributed by atoms with Crippen molar-refractivity contribution in [2.45, 2.75) is 46.2 Å². The number of unbranched alkanes of at least 4 members (excludes halogenated alkanes) is 1. The first kappa shape index (κ1) is 24.6. The van der Waals surface area contributed by atoms with Gasteiger partial charge in [0.15, 0.2) is 11.5 Å². The van der Waals surface area contributed by atoms with Gasteiger partial charge in [0, 0.05) is 30.1 Å². The second kappa shape index (κ2) is 10.9. The number of hydrogen-bond donors (Lipinski definition) is 1. The van der Waals surface area contributed by atoms with Crippen LogP contribution in [0.5, 0.6) is 11.5 Å². The molecule has 2 aromatic heterocycles. The molecule has 0 saturated heterocycles. The summed E-state index contributed by atoms with van der Waals surface area (Å²) in [4.78, 5) is 19.7. The summed E-state index contributed by atoms with van der Waals surface area (Å²) in [5.41, 5.74) is 6.28. The molecule has 7 nitrogen and oxygen atoms in total. The second-order valence-corrected chi connectivity index (χ2v) is 9.26. The topological polar surface area (TPSA) is 80.3 Å². The lowest BCUT2D eigenvalue weighted by Gasteiger charge is -2.27. The van der Waals surface area contributed by atoms with Gasteiger partial charge in [-0.25, -0.2) is 0 Å². The van der Waals surface area contributed by atoms with E-state index in [1.54, 1.807) is 12.4 Å². The van der Waals surface area contributed by atoms with Gasteiger partial charge in [0.05, 0.1) is 24.9 Å². The Morgan fingerprint density at radius 1 is 0.973 bits per heavy atom. The van der Waals surface area contributed by atoms with Gasteiger partial charge in [-0.2, -0.15) is 5.10 Å². The number of fused-ring (bicyclic) bond motifs is 1. The minimum Gasteiger partial charge on any atom is -0.490 e. The maximum atomic E-state index is 13.7. The summed E-state index contributed by atoms with van der Waals surface area (Å²) < 4.78 is 12.0. The first-order valence-electron chi connectivity index (χ1n) is 12.8. The average molecular weight is 497 g/mol. The van der Waals surface area contributed by atoms with Crippen LogP contribution < -0.4 is 9.47 Å². The molecule has 1 atom stereocenters. The average Bonchev–Trinajstić information content (AvgIpc) is 3.45. The van der Waals surface area contributed by atoms with Gasteiger partial charge in [0.25, 0.3) is 5.91 Å². The maximum Gasteiger partial charge on any atom is 0.273 e. The number of nitrogens with zero attached hydrogens (tertiary/aromatic N) is 3. The molecule has 1 aliphatic rings. The van der Waals surface area contributed by atoms with Crippen molar-refractivity contribution in [2.75, 3.05) is 13.2 Å². The van der Waals surface area contributed by atoms with E-state index in [9.17, 15) is 4.79 Å². The van der Waals surface area contributed by atoms with Crippen LogP contribution in [0.25, 0.3) is 11.3 Å². The maximum absolute atomic E-state index is 13.7. The molecular weight excluding hydrogens is 464 g/mol. The van der Waals surface area contributed by atoms with Gasteiger partial charge in [-0.15, -0.1) is 0 Å². The molecule has 37 heavy (non-hydrogen) atoms. The fraction of sp³-hybridized carbons (Fsp3) is 0.300. The molecular formula is C30H32N4O3. The van der Waals surface area contributed by atoms with Crippen LogP contribution in [0.2, 0.25) is 0 Å². The zero-order valence-electron chi connectivity index (χ0n) is 21.5. The molecule has 0 spiro atoms. The molecule has 5 rings (SSSR count). The van der Waals surface area contributed by atoms with Gasteiger partial charge < -0.3 is 14.4 Å². The number of aryl methyl sites for hydroxylation is 1. The molecule has 1 N–H and O–H groups in total. The molecule has 0 fully saturated rings. The first-order valence-corrected chi connectivity index (χ1v) is 12.8.